The molecule has 0 radical (unpaired) electrons. The number of amides is 1. The molecule has 0 aromatic heterocycles. The Hall–Kier alpha value is -2.05. The minimum atomic E-state index is -1.79. The highest BCUT2D eigenvalue weighted by atomic mass is 16.7. The Morgan fingerprint density at radius 1 is 0.625 bits per heavy atom. The third-order valence-electron chi connectivity index (χ3n) is 9.95. The molecule has 14 heteroatoms. The molecule has 2 aliphatic heterocycles. The molecule has 2 heterocycles. The maximum Gasteiger partial charge on any atom is 0.220 e. The minimum Gasteiger partial charge on any atom is -0.394 e. The third kappa shape index (κ3) is 18.7. The first-order valence-corrected chi connectivity index (χ1v) is 20.9. The maximum atomic E-state index is 13.0. The van der Waals surface area contributed by atoms with Crippen molar-refractivity contribution in [1.29, 1.82) is 0 Å². The van der Waals surface area contributed by atoms with Crippen molar-refractivity contribution in [2.75, 3.05) is 19.8 Å². The first kappa shape index (κ1) is 50.1. The van der Waals surface area contributed by atoms with Gasteiger partial charge < -0.3 is 65.1 Å². The van der Waals surface area contributed by atoms with Crippen molar-refractivity contribution in [3.05, 3.63) is 48.6 Å². The summed E-state index contributed by atoms with van der Waals surface area (Å²) in [6.07, 6.45) is 14.7. The summed E-state index contributed by atoms with van der Waals surface area (Å²) in [6, 6.07) is -0.938. The zero-order valence-corrected chi connectivity index (χ0v) is 33.6. The van der Waals surface area contributed by atoms with Gasteiger partial charge >= 0.3 is 0 Å². The summed E-state index contributed by atoms with van der Waals surface area (Å²) in [5.41, 5.74) is 0. The van der Waals surface area contributed by atoms with E-state index in [-0.39, 0.29) is 18.9 Å². The predicted molar refractivity (Wildman–Crippen MR) is 212 cm³/mol. The van der Waals surface area contributed by atoms with Crippen LogP contribution in [0.5, 0.6) is 0 Å². The Labute approximate surface area is 333 Å². The van der Waals surface area contributed by atoms with Crippen molar-refractivity contribution in [2.24, 2.45) is 0 Å². The van der Waals surface area contributed by atoms with Gasteiger partial charge in [0.15, 0.2) is 12.6 Å². The standard InChI is InChI=1S/C42H73NO13/c1-3-5-7-9-11-13-15-16-17-19-21-23-25-31(46)30(43-34(47)26-24-22-20-18-14-12-10-8-6-4-2)29-53-41-39(52)37(50)40(33(28-45)55-41)56-42-38(51)36(49)35(48)32(27-44)54-42/h8-11,16-17,23,25,30-33,35-42,44-46,48-52H,3-7,12-15,18-22,24,26-29H2,1-2H3,(H,43,47)/b10-8-,11-9+,17-16+,25-23+. The van der Waals surface area contributed by atoms with Crippen molar-refractivity contribution in [1.82, 2.24) is 5.32 Å². The fourth-order valence-electron chi connectivity index (χ4n) is 6.42. The number of ether oxygens (including phenoxy) is 4. The van der Waals surface area contributed by atoms with E-state index in [4.69, 9.17) is 18.9 Å². The molecule has 1 amide bonds. The average molecular weight is 800 g/mol. The van der Waals surface area contributed by atoms with Crippen LogP contribution in [-0.2, 0) is 23.7 Å². The molecule has 12 unspecified atom stereocenters. The molecule has 324 valence electrons. The highest BCUT2D eigenvalue weighted by Gasteiger charge is 2.50. The number of hydrogen-bond donors (Lipinski definition) is 9. The lowest BCUT2D eigenvalue weighted by Gasteiger charge is -2.46. The lowest BCUT2D eigenvalue weighted by atomic mass is 9.97. The molecule has 2 aliphatic rings. The summed E-state index contributed by atoms with van der Waals surface area (Å²) in [4.78, 5) is 13.0. The number of carbonyl (C=O) groups excluding carboxylic acids is 1. The predicted octanol–water partition coefficient (Wildman–Crippen LogP) is 2.98. The monoisotopic (exact) mass is 800 g/mol. The summed E-state index contributed by atoms with van der Waals surface area (Å²) in [5.74, 6) is -0.272. The number of aliphatic hydroxyl groups excluding tert-OH is 8. The molecule has 0 aromatic rings. The normalized spacial score (nSPS) is 29.9. The van der Waals surface area contributed by atoms with Crippen LogP contribution in [-0.4, -0.2) is 140 Å². The third-order valence-corrected chi connectivity index (χ3v) is 9.95. The number of aliphatic hydroxyl groups is 8. The smallest absolute Gasteiger partial charge is 0.220 e. The molecule has 0 spiro atoms. The number of hydrogen-bond acceptors (Lipinski definition) is 13. The van der Waals surface area contributed by atoms with Crippen LogP contribution < -0.4 is 5.32 Å². The van der Waals surface area contributed by atoms with E-state index in [9.17, 15) is 45.6 Å². The van der Waals surface area contributed by atoms with E-state index in [2.05, 4.69) is 55.6 Å². The van der Waals surface area contributed by atoms with Crippen molar-refractivity contribution in [3.8, 4) is 0 Å². The molecule has 14 nitrogen and oxygen atoms in total. The molecule has 2 saturated heterocycles. The van der Waals surface area contributed by atoms with E-state index < -0.39 is 86.8 Å². The van der Waals surface area contributed by atoms with Gasteiger partial charge in [-0.2, -0.15) is 0 Å². The second-order valence-electron chi connectivity index (χ2n) is 14.7. The summed E-state index contributed by atoms with van der Waals surface area (Å²) < 4.78 is 22.5. The van der Waals surface area contributed by atoms with Crippen molar-refractivity contribution in [3.63, 3.8) is 0 Å². The van der Waals surface area contributed by atoms with Crippen molar-refractivity contribution >= 4 is 5.91 Å². The van der Waals surface area contributed by atoms with Gasteiger partial charge in [-0.1, -0.05) is 101 Å². The number of carbonyl (C=O) groups is 1. The second kappa shape index (κ2) is 30.1. The lowest BCUT2D eigenvalue weighted by molar-refractivity contribution is -0.359. The van der Waals surface area contributed by atoms with Gasteiger partial charge in [-0.15, -0.1) is 0 Å². The molecular formula is C42H73NO13. The molecule has 0 saturated carbocycles. The van der Waals surface area contributed by atoms with E-state index in [0.29, 0.717) is 12.8 Å². The number of nitrogens with one attached hydrogen (secondary N) is 1. The van der Waals surface area contributed by atoms with Crippen LogP contribution in [0.2, 0.25) is 0 Å². The van der Waals surface area contributed by atoms with E-state index >= 15 is 0 Å². The number of rotatable bonds is 29. The Morgan fingerprint density at radius 2 is 1.18 bits per heavy atom. The Morgan fingerprint density at radius 3 is 1.82 bits per heavy atom. The quantitative estimate of drug-likeness (QED) is 0.0392. The number of allylic oxidation sites excluding steroid dienone is 7. The van der Waals surface area contributed by atoms with Crippen LogP contribution in [0, 0.1) is 0 Å². The van der Waals surface area contributed by atoms with Crippen LogP contribution in [0.1, 0.15) is 117 Å². The van der Waals surface area contributed by atoms with E-state index in [0.717, 1.165) is 70.6 Å². The molecule has 0 bridgehead atoms. The van der Waals surface area contributed by atoms with Crippen molar-refractivity contribution < 1.29 is 64.6 Å². The fourth-order valence-corrected chi connectivity index (χ4v) is 6.42. The van der Waals surface area contributed by atoms with Crippen LogP contribution in [0.25, 0.3) is 0 Å². The van der Waals surface area contributed by atoms with Gasteiger partial charge in [-0.3, -0.25) is 4.79 Å². The Bertz CT molecular complexity index is 1130. The largest absolute Gasteiger partial charge is 0.394 e. The average Bonchev–Trinajstić information content (AvgIpc) is 3.19. The van der Waals surface area contributed by atoms with Gasteiger partial charge in [-0.25, -0.2) is 0 Å². The van der Waals surface area contributed by atoms with E-state index in [1.165, 1.54) is 12.8 Å². The Balaban J connectivity index is 1.98. The highest BCUT2D eigenvalue weighted by Crippen LogP contribution is 2.29. The van der Waals surface area contributed by atoms with Gasteiger partial charge in [-0.05, 0) is 57.8 Å². The lowest BCUT2D eigenvalue weighted by Crippen LogP contribution is -2.65. The highest BCUT2D eigenvalue weighted by molar-refractivity contribution is 5.76. The van der Waals surface area contributed by atoms with Crippen LogP contribution >= 0.6 is 0 Å². The number of unbranched alkanes of at least 4 members (excludes halogenated alkanes) is 10. The summed E-state index contributed by atoms with van der Waals surface area (Å²) >= 11 is 0. The molecule has 0 aliphatic carbocycles. The molecule has 2 fully saturated rings. The first-order chi connectivity index (χ1) is 27.1. The molecule has 0 aromatic carbocycles. The van der Waals surface area contributed by atoms with Gasteiger partial charge in [0, 0.05) is 6.42 Å². The van der Waals surface area contributed by atoms with Crippen LogP contribution in [0.4, 0.5) is 0 Å². The Kier molecular flexibility index (Phi) is 26.9. The molecule has 2 rings (SSSR count). The molecule has 9 N–H and O–H groups in total. The van der Waals surface area contributed by atoms with Gasteiger partial charge in [0.05, 0.1) is 32.0 Å². The van der Waals surface area contributed by atoms with E-state index in [1.807, 2.05) is 6.08 Å². The van der Waals surface area contributed by atoms with Gasteiger partial charge in [0.1, 0.15) is 48.8 Å². The van der Waals surface area contributed by atoms with Gasteiger partial charge in [0.25, 0.3) is 0 Å². The summed E-state index contributed by atoms with van der Waals surface area (Å²) in [5, 5.41) is 86.1. The minimum absolute atomic E-state index is 0.257. The summed E-state index contributed by atoms with van der Waals surface area (Å²) in [6.45, 7) is 2.58. The second-order valence-corrected chi connectivity index (χ2v) is 14.7. The molecule has 12 atom stereocenters. The van der Waals surface area contributed by atoms with E-state index in [1.54, 1.807) is 6.08 Å². The summed E-state index contributed by atoms with van der Waals surface area (Å²) in [7, 11) is 0. The SMILES string of the molecule is CCC/C=C\CCCCCCCC(=O)NC(COC1OC(CO)C(OC2OC(CO)C(O)C(O)C2O)C(O)C1O)C(O)/C=C/CC/C=C/CC/C=C/CCCC. The first-order valence-electron chi connectivity index (χ1n) is 20.9. The maximum absolute atomic E-state index is 13.0. The van der Waals surface area contributed by atoms with Gasteiger partial charge in [0.2, 0.25) is 5.91 Å². The van der Waals surface area contributed by atoms with Crippen LogP contribution in [0.3, 0.4) is 0 Å². The molecule has 56 heavy (non-hydrogen) atoms. The zero-order chi connectivity index (χ0) is 41.1. The zero-order valence-electron chi connectivity index (χ0n) is 33.6. The topological polar surface area (TPSA) is 228 Å². The van der Waals surface area contributed by atoms with Crippen LogP contribution in [0.15, 0.2) is 48.6 Å². The van der Waals surface area contributed by atoms with Crippen molar-refractivity contribution in [2.45, 2.75) is 190 Å². The molecular weight excluding hydrogens is 726 g/mol. The fraction of sp³-hybridized carbons (Fsp3) is 0.786.